The number of carbonyl (C=O) groups is 1. The second kappa shape index (κ2) is 3.41. The number of primary amides is 1. The van der Waals surface area contributed by atoms with Crippen LogP contribution >= 0.6 is 0 Å². The van der Waals surface area contributed by atoms with E-state index in [9.17, 15) is 9.90 Å². The molecule has 2 aliphatic rings. The van der Waals surface area contributed by atoms with E-state index in [1.807, 2.05) is 0 Å². The van der Waals surface area contributed by atoms with Crippen LogP contribution in [0.3, 0.4) is 0 Å². The molecule has 0 aliphatic carbocycles. The van der Waals surface area contributed by atoms with E-state index < -0.39 is 29.9 Å². The zero-order chi connectivity index (χ0) is 11.2. The van der Waals surface area contributed by atoms with Crippen molar-refractivity contribution in [3.8, 4) is 0 Å². The Hall–Kier alpha value is -0.690. The van der Waals surface area contributed by atoms with Gasteiger partial charge in [-0.2, -0.15) is 0 Å². The molecule has 2 heterocycles. The van der Waals surface area contributed by atoms with E-state index in [2.05, 4.69) is 5.32 Å². The van der Waals surface area contributed by atoms with E-state index in [4.69, 9.17) is 15.2 Å². The predicted molar refractivity (Wildman–Crippen MR) is 50.8 cm³/mol. The Morgan fingerprint density at radius 1 is 1.67 bits per heavy atom. The normalized spacial score (nSPS) is 40.1. The number of hydrogen-bond acceptors (Lipinski definition) is 5. The van der Waals surface area contributed by atoms with Crippen LogP contribution in [0.4, 0.5) is 0 Å². The van der Waals surface area contributed by atoms with E-state index in [1.54, 1.807) is 13.8 Å². The maximum atomic E-state index is 10.8. The lowest BCUT2D eigenvalue weighted by Crippen LogP contribution is -2.37. The number of ether oxygens (including phenoxy) is 2. The summed E-state index contributed by atoms with van der Waals surface area (Å²) >= 11 is 0. The molecule has 0 unspecified atom stereocenters. The Bertz CT molecular complexity index is 281. The minimum absolute atomic E-state index is 0.301. The van der Waals surface area contributed by atoms with Gasteiger partial charge in [-0.15, -0.1) is 0 Å². The Morgan fingerprint density at radius 2 is 2.33 bits per heavy atom. The molecule has 0 bridgehead atoms. The molecule has 0 radical (unpaired) electrons. The lowest BCUT2D eigenvalue weighted by Gasteiger charge is -2.19. The first-order valence-corrected chi connectivity index (χ1v) is 4.96. The number of carbonyl (C=O) groups excluding carboxylic acids is 1. The zero-order valence-corrected chi connectivity index (χ0v) is 8.77. The van der Waals surface area contributed by atoms with Crippen molar-refractivity contribution in [2.75, 3.05) is 6.61 Å². The number of nitrogens with two attached hydrogens (primary N) is 1. The van der Waals surface area contributed by atoms with Crippen molar-refractivity contribution < 1.29 is 19.4 Å². The molecule has 1 amide bonds. The quantitative estimate of drug-likeness (QED) is 0.489. The summed E-state index contributed by atoms with van der Waals surface area (Å²) in [4.78, 5) is 10.8. The monoisotopic (exact) mass is 216 g/mol. The van der Waals surface area contributed by atoms with Crippen LogP contribution in [0.5, 0.6) is 0 Å². The fraction of sp³-hybridized carbons (Fsp3) is 0.889. The smallest absolute Gasteiger partial charge is 0.236 e. The average Bonchev–Trinajstić information content (AvgIpc) is 2.84. The van der Waals surface area contributed by atoms with Crippen molar-refractivity contribution in [1.82, 2.24) is 5.32 Å². The van der Waals surface area contributed by atoms with E-state index in [-0.39, 0.29) is 6.04 Å². The van der Waals surface area contributed by atoms with Gasteiger partial charge in [0.05, 0.1) is 18.8 Å². The summed E-state index contributed by atoms with van der Waals surface area (Å²) in [5.74, 6) is -1.11. The molecule has 6 nitrogen and oxygen atoms in total. The molecule has 4 N–H and O–H groups in total. The predicted octanol–water partition coefficient (Wildman–Crippen LogP) is -1.68. The van der Waals surface area contributed by atoms with Crippen LogP contribution in [0.15, 0.2) is 0 Å². The van der Waals surface area contributed by atoms with Gasteiger partial charge < -0.3 is 20.3 Å². The molecule has 2 saturated heterocycles. The number of rotatable bonds is 3. The fourth-order valence-corrected chi connectivity index (χ4v) is 1.82. The third-order valence-electron chi connectivity index (χ3n) is 2.71. The van der Waals surface area contributed by atoms with Crippen LogP contribution < -0.4 is 11.1 Å². The molecule has 0 aromatic heterocycles. The molecule has 0 aromatic rings. The van der Waals surface area contributed by atoms with Gasteiger partial charge in [0, 0.05) is 0 Å². The number of amides is 1. The van der Waals surface area contributed by atoms with Crippen molar-refractivity contribution in [3.63, 3.8) is 0 Å². The lowest BCUT2D eigenvalue weighted by atomic mass is 10.1. The molecule has 15 heavy (non-hydrogen) atoms. The first-order valence-electron chi connectivity index (χ1n) is 4.96. The van der Waals surface area contributed by atoms with Crippen molar-refractivity contribution >= 4 is 5.91 Å². The van der Waals surface area contributed by atoms with Gasteiger partial charge in [-0.05, 0) is 13.8 Å². The van der Waals surface area contributed by atoms with Crippen LogP contribution in [0.2, 0.25) is 0 Å². The largest absolute Gasteiger partial charge is 0.389 e. The molecule has 4 atom stereocenters. The molecule has 6 heteroatoms. The van der Waals surface area contributed by atoms with Gasteiger partial charge in [0.1, 0.15) is 12.1 Å². The standard InChI is InChI=1S/C9H16N2O4/c1-9(2)14-3-4(15-9)7(12)5-6(11-5)8(10)13/h4-7,11-12H,3H2,1-2H3,(H2,10,13)/t4-,5-,6-,7-/m1/s1. The van der Waals surface area contributed by atoms with Gasteiger partial charge in [0.2, 0.25) is 5.91 Å². The molecule has 0 aromatic carbocycles. The van der Waals surface area contributed by atoms with E-state index in [0.29, 0.717) is 6.61 Å². The van der Waals surface area contributed by atoms with Crippen molar-refractivity contribution in [2.24, 2.45) is 5.73 Å². The average molecular weight is 216 g/mol. The van der Waals surface area contributed by atoms with Crippen LogP contribution in [0, 0.1) is 0 Å². The lowest BCUT2D eigenvalue weighted by molar-refractivity contribution is -0.151. The first kappa shape index (κ1) is 10.8. The SMILES string of the molecule is CC1(C)OC[C@H]([C@@H](O)[C@@H]2N[C@H]2C(N)=O)O1. The van der Waals surface area contributed by atoms with Crippen molar-refractivity contribution in [1.29, 1.82) is 0 Å². The molecule has 0 saturated carbocycles. The number of nitrogens with one attached hydrogen (secondary N) is 1. The Morgan fingerprint density at radius 3 is 2.73 bits per heavy atom. The minimum Gasteiger partial charge on any atom is -0.389 e. The van der Waals surface area contributed by atoms with E-state index >= 15 is 0 Å². The fourth-order valence-electron chi connectivity index (χ4n) is 1.82. The molecule has 0 spiro atoms. The highest BCUT2D eigenvalue weighted by Gasteiger charge is 2.51. The highest BCUT2D eigenvalue weighted by molar-refractivity contribution is 5.84. The maximum absolute atomic E-state index is 10.8. The topological polar surface area (TPSA) is 104 Å². The summed E-state index contributed by atoms with van der Waals surface area (Å²) in [7, 11) is 0. The van der Waals surface area contributed by atoms with Gasteiger partial charge in [0.15, 0.2) is 5.79 Å². The maximum Gasteiger partial charge on any atom is 0.236 e. The number of hydrogen-bond donors (Lipinski definition) is 3. The third kappa shape index (κ3) is 2.12. The van der Waals surface area contributed by atoms with Gasteiger partial charge in [-0.1, -0.05) is 0 Å². The Labute approximate surface area is 87.7 Å². The highest BCUT2D eigenvalue weighted by Crippen LogP contribution is 2.28. The molecular formula is C9H16N2O4. The summed E-state index contributed by atoms with van der Waals surface area (Å²) in [6, 6.07) is -0.739. The molecule has 2 rings (SSSR count). The highest BCUT2D eigenvalue weighted by atomic mass is 16.7. The van der Waals surface area contributed by atoms with Crippen LogP contribution in [0.1, 0.15) is 13.8 Å². The molecular weight excluding hydrogens is 200 g/mol. The van der Waals surface area contributed by atoms with Crippen LogP contribution in [0.25, 0.3) is 0 Å². The van der Waals surface area contributed by atoms with Crippen LogP contribution in [-0.2, 0) is 14.3 Å². The van der Waals surface area contributed by atoms with Crippen LogP contribution in [-0.4, -0.2) is 47.7 Å². The summed E-state index contributed by atoms with van der Waals surface area (Å²) in [5.41, 5.74) is 5.09. The van der Waals surface area contributed by atoms with E-state index in [0.717, 1.165) is 0 Å². The summed E-state index contributed by atoms with van der Waals surface area (Å²) in [6.45, 7) is 3.90. The molecule has 86 valence electrons. The Kier molecular flexibility index (Phi) is 2.46. The molecule has 2 fully saturated rings. The molecule has 2 aliphatic heterocycles. The zero-order valence-electron chi connectivity index (χ0n) is 8.77. The summed E-state index contributed by atoms with van der Waals surface area (Å²) in [6.07, 6.45) is -1.16. The summed E-state index contributed by atoms with van der Waals surface area (Å²) < 4.78 is 10.8. The third-order valence-corrected chi connectivity index (χ3v) is 2.71. The van der Waals surface area contributed by atoms with E-state index in [1.165, 1.54) is 0 Å². The van der Waals surface area contributed by atoms with Gasteiger partial charge in [0.25, 0.3) is 0 Å². The second-order valence-electron chi connectivity index (χ2n) is 4.43. The Balaban J connectivity index is 1.88. The van der Waals surface area contributed by atoms with Crippen molar-refractivity contribution in [2.45, 2.75) is 43.9 Å². The van der Waals surface area contributed by atoms with Crippen molar-refractivity contribution in [3.05, 3.63) is 0 Å². The first-order chi connectivity index (χ1) is 6.91. The number of aliphatic hydroxyl groups is 1. The minimum atomic E-state index is -0.760. The van der Waals surface area contributed by atoms with Gasteiger partial charge in [-0.25, -0.2) is 0 Å². The number of aliphatic hydroxyl groups excluding tert-OH is 1. The van der Waals surface area contributed by atoms with Gasteiger partial charge in [-0.3, -0.25) is 10.1 Å². The summed E-state index contributed by atoms with van der Waals surface area (Å²) in [5, 5.41) is 12.7. The second-order valence-corrected chi connectivity index (χ2v) is 4.43. The van der Waals surface area contributed by atoms with Gasteiger partial charge >= 0.3 is 0 Å².